The first kappa shape index (κ1) is 12.5. The van der Waals surface area contributed by atoms with Crippen molar-refractivity contribution in [1.82, 2.24) is 5.32 Å². The Morgan fingerprint density at radius 1 is 1.60 bits per heavy atom. The summed E-state index contributed by atoms with van der Waals surface area (Å²) in [4.78, 5) is 11.2. The molecule has 0 bridgehead atoms. The summed E-state index contributed by atoms with van der Waals surface area (Å²) < 4.78 is 9.97. The largest absolute Gasteiger partial charge is 0.469 e. The molecular formula is C11H21NO3. The summed E-state index contributed by atoms with van der Waals surface area (Å²) in [6.07, 6.45) is 1.88. The Balaban J connectivity index is 2.22. The monoisotopic (exact) mass is 215 g/mol. The summed E-state index contributed by atoms with van der Waals surface area (Å²) in [5.74, 6) is -0.175. The minimum absolute atomic E-state index is 0.0418. The van der Waals surface area contributed by atoms with E-state index < -0.39 is 0 Å². The molecule has 1 aliphatic rings. The molecule has 4 heteroatoms. The zero-order chi connectivity index (χ0) is 11.3. The fourth-order valence-corrected chi connectivity index (χ4v) is 1.96. The van der Waals surface area contributed by atoms with E-state index in [2.05, 4.69) is 12.2 Å². The Morgan fingerprint density at radius 2 is 2.33 bits per heavy atom. The normalized spacial score (nSPS) is 24.9. The molecule has 0 spiro atoms. The zero-order valence-electron chi connectivity index (χ0n) is 9.79. The van der Waals surface area contributed by atoms with E-state index in [1.165, 1.54) is 7.11 Å². The summed E-state index contributed by atoms with van der Waals surface area (Å²) in [5, 5.41) is 3.46. The van der Waals surface area contributed by atoms with Gasteiger partial charge in [0.25, 0.3) is 0 Å². The molecule has 1 rings (SSSR count). The van der Waals surface area contributed by atoms with Crippen molar-refractivity contribution >= 4 is 5.97 Å². The molecule has 0 radical (unpaired) electrons. The molecular weight excluding hydrogens is 194 g/mol. The van der Waals surface area contributed by atoms with Gasteiger partial charge >= 0.3 is 5.97 Å². The van der Waals surface area contributed by atoms with E-state index in [0.29, 0.717) is 12.1 Å². The number of rotatable bonds is 5. The van der Waals surface area contributed by atoms with Gasteiger partial charge in [0.2, 0.25) is 0 Å². The maximum Gasteiger partial charge on any atom is 0.308 e. The van der Waals surface area contributed by atoms with Gasteiger partial charge in [0.05, 0.1) is 19.6 Å². The molecule has 0 aromatic carbocycles. The predicted molar refractivity (Wildman–Crippen MR) is 57.6 cm³/mol. The van der Waals surface area contributed by atoms with Gasteiger partial charge in [-0.05, 0) is 19.8 Å². The standard InChI is InChI=1S/C11H21NO3/c1-8(11(13)14-3)6-9(2)12-10-4-5-15-7-10/h8-10,12H,4-7H2,1-3H3. The van der Waals surface area contributed by atoms with Crippen molar-refractivity contribution in [2.24, 2.45) is 5.92 Å². The molecule has 0 saturated carbocycles. The topological polar surface area (TPSA) is 47.6 Å². The van der Waals surface area contributed by atoms with Crippen LogP contribution in [0.3, 0.4) is 0 Å². The van der Waals surface area contributed by atoms with Crippen LogP contribution in [0.1, 0.15) is 26.7 Å². The molecule has 1 fully saturated rings. The van der Waals surface area contributed by atoms with E-state index in [0.717, 1.165) is 26.1 Å². The van der Waals surface area contributed by atoms with E-state index in [-0.39, 0.29) is 11.9 Å². The molecule has 0 aliphatic carbocycles. The summed E-state index contributed by atoms with van der Waals surface area (Å²) in [6, 6.07) is 0.774. The van der Waals surface area contributed by atoms with Crippen LogP contribution >= 0.6 is 0 Å². The molecule has 1 heterocycles. The van der Waals surface area contributed by atoms with Crippen molar-refractivity contribution in [2.75, 3.05) is 20.3 Å². The van der Waals surface area contributed by atoms with Crippen molar-refractivity contribution in [3.05, 3.63) is 0 Å². The Morgan fingerprint density at radius 3 is 2.87 bits per heavy atom. The fourth-order valence-electron chi connectivity index (χ4n) is 1.96. The zero-order valence-corrected chi connectivity index (χ0v) is 9.79. The van der Waals surface area contributed by atoms with Gasteiger partial charge in [0, 0.05) is 18.7 Å². The Kier molecular flexibility index (Phi) is 5.05. The van der Waals surface area contributed by atoms with E-state index in [1.807, 2.05) is 6.92 Å². The van der Waals surface area contributed by atoms with Gasteiger partial charge in [-0.2, -0.15) is 0 Å². The van der Waals surface area contributed by atoms with Gasteiger partial charge in [-0.25, -0.2) is 0 Å². The molecule has 1 aliphatic heterocycles. The fraction of sp³-hybridized carbons (Fsp3) is 0.909. The number of hydrogen-bond acceptors (Lipinski definition) is 4. The Labute approximate surface area is 91.3 Å². The van der Waals surface area contributed by atoms with Crippen molar-refractivity contribution in [3.8, 4) is 0 Å². The van der Waals surface area contributed by atoms with E-state index in [1.54, 1.807) is 0 Å². The second-order valence-corrected chi connectivity index (χ2v) is 4.29. The highest BCUT2D eigenvalue weighted by molar-refractivity contribution is 5.71. The molecule has 88 valence electrons. The van der Waals surface area contributed by atoms with Gasteiger partial charge < -0.3 is 14.8 Å². The van der Waals surface area contributed by atoms with Crippen LogP contribution in [0.4, 0.5) is 0 Å². The highest BCUT2D eigenvalue weighted by Crippen LogP contribution is 2.11. The summed E-state index contributed by atoms with van der Waals surface area (Å²) in [6.45, 7) is 5.63. The van der Waals surface area contributed by atoms with Crippen molar-refractivity contribution in [2.45, 2.75) is 38.8 Å². The molecule has 3 unspecified atom stereocenters. The van der Waals surface area contributed by atoms with Crippen LogP contribution in [-0.4, -0.2) is 38.4 Å². The highest BCUT2D eigenvalue weighted by Gasteiger charge is 2.21. The third kappa shape index (κ3) is 4.18. The Hall–Kier alpha value is -0.610. The van der Waals surface area contributed by atoms with Crippen LogP contribution in [0.15, 0.2) is 0 Å². The third-order valence-corrected chi connectivity index (χ3v) is 2.76. The van der Waals surface area contributed by atoms with Crippen LogP contribution in [0.2, 0.25) is 0 Å². The molecule has 3 atom stereocenters. The van der Waals surface area contributed by atoms with E-state index in [9.17, 15) is 4.79 Å². The second kappa shape index (κ2) is 6.08. The van der Waals surface area contributed by atoms with Gasteiger partial charge in [0.15, 0.2) is 0 Å². The van der Waals surface area contributed by atoms with E-state index in [4.69, 9.17) is 9.47 Å². The minimum atomic E-state index is -0.133. The summed E-state index contributed by atoms with van der Waals surface area (Å²) in [5.41, 5.74) is 0. The van der Waals surface area contributed by atoms with Gasteiger partial charge in [-0.15, -0.1) is 0 Å². The van der Waals surface area contributed by atoms with Gasteiger partial charge in [-0.3, -0.25) is 4.79 Å². The summed E-state index contributed by atoms with van der Waals surface area (Å²) >= 11 is 0. The molecule has 1 N–H and O–H groups in total. The minimum Gasteiger partial charge on any atom is -0.469 e. The number of hydrogen-bond donors (Lipinski definition) is 1. The molecule has 4 nitrogen and oxygen atoms in total. The SMILES string of the molecule is COC(=O)C(C)CC(C)NC1CCOC1. The van der Waals surface area contributed by atoms with Crippen LogP contribution in [-0.2, 0) is 14.3 Å². The molecule has 0 aromatic heterocycles. The lowest BCUT2D eigenvalue weighted by Crippen LogP contribution is -2.38. The molecule has 1 saturated heterocycles. The lowest BCUT2D eigenvalue weighted by Gasteiger charge is -2.20. The van der Waals surface area contributed by atoms with Gasteiger partial charge in [-0.1, -0.05) is 6.92 Å². The maximum atomic E-state index is 11.2. The first-order chi connectivity index (χ1) is 7.13. The lowest BCUT2D eigenvalue weighted by atomic mass is 10.0. The quantitative estimate of drug-likeness (QED) is 0.694. The van der Waals surface area contributed by atoms with Crippen molar-refractivity contribution < 1.29 is 14.3 Å². The van der Waals surface area contributed by atoms with Crippen molar-refractivity contribution in [3.63, 3.8) is 0 Å². The number of carbonyl (C=O) groups is 1. The molecule has 15 heavy (non-hydrogen) atoms. The lowest BCUT2D eigenvalue weighted by molar-refractivity contribution is -0.145. The first-order valence-electron chi connectivity index (χ1n) is 5.55. The number of methoxy groups -OCH3 is 1. The van der Waals surface area contributed by atoms with E-state index >= 15 is 0 Å². The molecule has 0 aromatic rings. The van der Waals surface area contributed by atoms with Crippen molar-refractivity contribution in [1.29, 1.82) is 0 Å². The Bertz CT molecular complexity index is 202. The highest BCUT2D eigenvalue weighted by atomic mass is 16.5. The number of carbonyl (C=O) groups excluding carboxylic acids is 1. The van der Waals surface area contributed by atoms with Gasteiger partial charge in [0.1, 0.15) is 0 Å². The number of ether oxygens (including phenoxy) is 2. The first-order valence-corrected chi connectivity index (χ1v) is 5.55. The third-order valence-electron chi connectivity index (χ3n) is 2.76. The average molecular weight is 215 g/mol. The van der Waals surface area contributed by atoms with Crippen LogP contribution < -0.4 is 5.32 Å². The second-order valence-electron chi connectivity index (χ2n) is 4.29. The number of nitrogens with one attached hydrogen (secondary N) is 1. The predicted octanol–water partition coefficient (Wildman–Crippen LogP) is 0.953. The average Bonchev–Trinajstić information content (AvgIpc) is 2.68. The maximum absolute atomic E-state index is 11.2. The van der Waals surface area contributed by atoms with Crippen LogP contribution in [0, 0.1) is 5.92 Å². The smallest absolute Gasteiger partial charge is 0.308 e. The number of esters is 1. The summed E-state index contributed by atoms with van der Waals surface area (Å²) in [7, 11) is 1.43. The van der Waals surface area contributed by atoms with Crippen LogP contribution in [0.25, 0.3) is 0 Å². The molecule has 0 amide bonds. The van der Waals surface area contributed by atoms with Crippen LogP contribution in [0.5, 0.6) is 0 Å².